The van der Waals surface area contributed by atoms with Crippen LogP contribution in [-0.4, -0.2) is 31.9 Å². The van der Waals surface area contributed by atoms with E-state index >= 15 is 0 Å². The van der Waals surface area contributed by atoms with Crippen molar-refractivity contribution in [2.75, 3.05) is 7.11 Å². The van der Waals surface area contributed by atoms with E-state index < -0.39 is 11.6 Å². The van der Waals surface area contributed by atoms with Gasteiger partial charge in [0.05, 0.1) is 24.4 Å². The first kappa shape index (κ1) is 16.7. The van der Waals surface area contributed by atoms with Crippen LogP contribution < -0.4 is 4.74 Å². The molecule has 1 fully saturated rings. The Morgan fingerprint density at radius 1 is 1.00 bits per heavy atom. The van der Waals surface area contributed by atoms with E-state index in [-0.39, 0.29) is 5.41 Å². The summed E-state index contributed by atoms with van der Waals surface area (Å²) < 4.78 is 33.5. The maximum atomic E-state index is 13.5. The number of rotatable bonds is 4. The number of fused-ring (bicyclic) bond motifs is 1. The number of methoxy groups -OCH3 is 1. The predicted octanol–water partition coefficient (Wildman–Crippen LogP) is 3.55. The second-order valence-electron chi connectivity index (χ2n) is 6.82. The summed E-state index contributed by atoms with van der Waals surface area (Å²) in [5, 5.41) is 12.9. The average Bonchev–Trinajstić information content (AvgIpc) is 3.42. The van der Waals surface area contributed by atoms with Crippen LogP contribution in [0.3, 0.4) is 0 Å². The van der Waals surface area contributed by atoms with Crippen LogP contribution >= 0.6 is 0 Å². The van der Waals surface area contributed by atoms with Crippen molar-refractivity contribution in [1.29, 1.82) is 0 Å². The molecule has 2 heterocycles. The highest BCUT2D eigenvalue weighted by Crippen LogP contribution is 2.52. The third kappa shape index (κ3) is 2.52. The van der Waals surface area contributed by atoms with E-state index in [1.54, 1.807) is 11.6 Å². The van der Waals surface area contributed by atoms with Crippen LogP contribution in [0.15, 0.2) is 48.7 Å². The van der Waals surface area contributed by atoms with Gasteiger partial charge in [0, 0.05) is 5.56 Å². The minimum atomic E-state index is -0.933. The molecule has 140 valence electrons. The largest absolute Gasteiger partial charge is 0.497 e. The maximum absolute atomic E-state index is 13.5. The lowest BCUT2D eigenvalue weighted by molar-refractivity contribution is 0.414. The van der Waals surface area contributed by atoms with E-state index in [9.17, 15) is 8.78 Å². The van der Waals surface area contributed by atoms with Gasteiger partial charge in [0.15, 0.2) is 17.5 Å². The highest BCUT2D eigenvalue weighted by atomic mass is 19.2. The molecule has 5 rings (SSSR count). The Kier molecular flexibility index (Phi) is 3.61. The Morgan fingerprint density at radius 3 is 2.46 bits per heavy atom. The van der Waals surface area contributed by atoms with Crippen molar-refractivity contribution in [3.8, 4) is 17.0 Å². The molecule has 6 nitrogen and oxygen atoms in total. The summed E-state index contributed by atoms with van der Waals surface area (Å²) in [4.78, 5) is 4.42. The van der Waals surface area contributed by atoms with Gasteiger partial charge >= 0.3 is 0 Å². The van der Waals surface area contributed by atoms with Gasteiger partial charge in [-0.05, 0) is 48.7 Å². The van der Waals surface area contributed by atoms with Crippen LogP contribution in [0.1, 0.15) is 24.2 Å². The lowest BCUT2D eigenvalue weighted by atomic mass is 9.95. The molecule has 2 aromatic carbocycles. The monoisotopic (exact) mass is 379 g/mol. The Morgan fingerprint density at radius 2 is 1.79 bits per heavy atom. The molecule has 8 heteroatoms. The number of halogens is 2. The molecule has 0 unspecified atom stereocenters. The van der Waals surface area contributed by atoms with Gasteiger partial charge in [-0.15, -0.1) is 10.2 Å². The topological polar surface area (TPSA) is 65.2 Å². The van der Waals surface area contributed by atoms with Crippen LogP contribution in [0.25, 0.3) is 17.0 Å². The van der Waals surface area contributed by atoms with Gasteiger partial charge < -0.3 is 4.74 Å². The van der Waals surface area contributed by atoms with Gasteiger partial charge in [-0.25, -0.2) is 13.8 Å². The molecule has 0 aliphatic heterocycles. The normalized spacial score (nSPS) is 15.0. The second kappa shape index (κ2) is 6.05. The van der Waals surface area contributed by atoms with E-state index in [0.717, 1.165) is 42.1 Å². The molecule has 4 aromatic rings. The van der Waals surface area contributed by atoms with Gasteiger partial charge in [-0.3, -0.25) is 0 Å². The zero-order valence-electron chi connectivity index (χ0n) is 14.9. The quantitative estimate of drug-likeness (QED) is 0.543. The van der Waals surface area contributed by atoms with Gasteiger partial charge in [-0.1, -0.05) is 12.1 Å². The zero-order chi connectivity index (χ0) is 19.3. The summed E-state index contributed by atoms with van der Waals surface area (Å²) >= 11 is 0. The number of aromatic nitrogens is 5. The molecular weight excluding hydrogens is 364 g/mol. The fourth-order valence-electron chi connectivity index (χ4n) is 3.47. The molecule has 0 bridgehead atoms. The number of hydrogen-bond acceptors (Lipinski definition) is 5. The van der Waals surface area contributed by atoms with E-state index in [2.05, 4.69) is 20.3 Å². The minimum absolute atomic E-state index is 0.246. The number of hydrogen-bond donors (Lipinski definition) is 0. The van der Waals surface area contributed by atoms with E-state index in [1.807, 2.05) is 24.3 Å². The Bertz CT molecular complexity index is 1190. The molecular formula is C20H15F2N5O. The fraction of sp³-hybridized carbons (Fsp3) is 0.200. The standard InChI is InChI=1S/C20H15F2N5O/c1-28-14-5-3-13(4-6-14)20(8-9-20)18-25-26-19-24-17(11-23-27(18)19)12-2-7-15(21)16(22)10-12/h2-7,10-11H,8-9H2,1H3. The maximum Gasteiger partial charge on any atom is 0.272 e. The SMILES string of the molecule is COc1ccc(C2(c3nnc4nc(-c5ccc(F)c(F)c5)cnn34)CC2)cc1. The summed E-state index contributed by atoms with van der Waals surface area (Å²) in [7, 11) is 1.63. The Hall–Kier alpha value is -3.42. The number of benzene rings is 2. The van der Waals surface area contributed by atoms with Gasteiger partial charge in [-0.2, -0.15) is 9.61 Å². The molecule has 0 atom stereocenters. The van der Waals surface area contributed by atoms with Crippen molar-refractivity contribution in [2.24, 2.45) is 0 Å². The van der Waals surface area contributed by atoms with E-state index in [4.69, 9.17) is 4.74 Å². The van der Waals surface area contributed by atoms with Crippen LogP contribution in [0.4, 0.5) is 8.78 Å². The summed E-state index contributed by atoms with van der Waals surface area (Å²) in [6.45, 7) is 0. The van der Waals surface area contributed by atoms with Crippen molar-refractivity contribution in [3.05, 3.63) is 71.7 Å². The van der Waals surface area contributed by atoms with Gasteiger partial charge in [0.1, 0.15) is 5.75 Å². The van der Waals surface area contributed by atoms with Crippen LogP contribution in [0.2, 0.25) is 0 Å². The van der Waals surface area contributed by atoms with Crippen LogP contribution in [-0.2, 0) is 5.41 Å². The number of ether oxygens (including phenoxy) is 1. The van der Waals surface area contributed by atoms with Crippen molar-refractivity contribution >= 4 is 5.78 Å². The molecule has 1 aliphatic carbocycles. The number of nitrogens with zero attached hydrogens (tertiary/aromatic N) is 5. The van der Waals surface area contributed by atoms with E-state index in [0.29, 0.717) is 17.0 Å². The third-order valence-corrected chi connectivity index (χ3v) is 5.18. The van der Waals surface area contributed by atoms with Crippen molar-refractivity contribution in [3.63, 3.8) is 0 Å². The van der Waals surface area contributed by atoms with Gasteiger partial charge in [0.25, 0.3) is 5.78 Å². The highest BCUT2D eigenvalue weighted by Gasteiger charge is 2.50. The third-order valence-electron chi connectivity index (χ3n) is 5.18. The molecule has 0 radical (unpaired) electrons. The highest BCUT2D eigenvalue weighted by molar-refractivity contribution is 5.59. The molecule has 0 saturated heterocycles. The molecule has 0 amide bonds. The Labute approximate surface area is 158 Å². The zero-order valence-corrected chi connectivity index (χ0v) is 14.9. The first-order valence-corrected chi connectivity index (χ1v) is 8.80. The lowest BCUT2D eigenvalue weighted by Crippen LogP contribution is -2.15. The van der Waals surface area contributed by atoms with Crippen molar-refractivity contribution < 1.29 is 13.5 Å². The average molecular weight is 379 g/mol. The predicted molar refractivity (Wildman–Crippen MR) is 96.9 cm³/mol. The minimum Gasteiger partial charge on any atom is -0.497 e. The molecule has 1 aliphatic rings. The van der Waals surface area contributed by atoms with Crippen LogP contribution in [0, 0.1) is 11.6 Å². The smallest absolute Gasteiger partial charge is 0.272 e. The molecule has 2 aromatic heterocycles. The van der Waals surface area contributed by atoms with Crippen molar-refractivity contribution in [1.82, 2.24) is 24.8 Å². The first-order valence-electron chi connectivity index (χ1n) is 8.80. The first-order chi connectivity index (χ1) is 13.6. The summed E-state index contributed by atoms with van der Waals surface area (Å²) in [6, 6.07) is 11.5. The van der Waals surface area contributed by atoms with Crippen molar-refractivity contribution in [2.45, 2.75) is 18.3 Å². The second-order valence-corrected chi connectivity index (χ2v) is 6.82. The molecule has 1 saturated carbocycles. The Balaban J connectivity index is 1.55. The summed E-state index contributed by atoms with van der Waals surface area (Å²) in [6.07, 6.45) is 3.39. The van der Waals surface area contributed by atoms with E-state index in [1.165, 1.54) is 12.3 Å². The molecule has 28 heavy (non-hydrogen) atoms. The fourth-order valence-corrected chi connectivity index (χ4v) is 3.47. The van der Waals surface area contributed by atoms with Gasteiger partial charge in [0.2, 0.25) is 0 Å². The summed E-state index contributed by atoms with van der Waals surface area (Å²) in [5.74, 6) is -0.00822. The van der Waals surface area contributed by atoms with Crippen LogP contribution in [0.5, 0.6) is 5.75 Å². The molecule has 0 N–H and O–H groups in total. The lowest BCUT2D eigenvalue weighted by Gasteiger charge is -2.13. The summed E-state index contributed by atoms with van der Waals surface area (Å²) in [5.41, 5.74) is 1.70. The molecule has 0 spiro atoms.